The Morgan fingerprint density at radius 1 is 1.46 bits per heavy atom. The number of hydrogen-bond acceptors (Lipinski definition) is 1. The van der Waals surface area contributed by atoms with Crippen molar-refractivity contribution in [3.8, 4) is 0 Å². The van der Waals surface area contributed by atoms with E-state index in [-0.39, 0.29) is 5.82 Å². The SMILES string of the molecule is CC(C)n1[c]nc2cc(F)ccc21. The van der Waals surface area contributed by atoms with Crippen LogP contribution < -0.4 is 0 Å². The van der Waals surface area contributed by atoms with Crippen molar-refractivity contribution in [1.29, 1.82) is 0 Å². The van der Waals surface area contributed by atoms with Crippen molar-refractivity contribution in [2.75, 3.05) is 0 Å². The third-order valence-corrected chi connectivity index (χ3v) is 1.99. The molecule has 2 nitrogen and oxygen atoms in total. The zero-order valence-corrected chi connectivity index (χ0v) is 7.58. The second kappa shape index (κ2) is 2.83. The molecule has 67 valence electrons. The van der Waals surface area contributed by atoms with Gasteiger partial charge < -0.3 is 4.57 Å². The number of nitrogens with zero attached hydrogens (tertiary/aromatic N) is 2. The largest absolute Gasteiger partial charge is 0.319 e. The van der Waals surface area contributed by atoms with Gasteiger partial charge in [-0.15, -0.1) is 0 Å². The summed E-state index contributed by atoms with van der Waals surface area (Å²) in [4.78, 5) is 4.00. The van der Waals surface area contributed by atoms with Gasteiger partial charge in [-0.3, -0.25) is 0 Å². The Balaban J connectivity index is 2.69. The van der Waals surface area contributed by atoms with E-state index in [4.69, 9.17) is 0 Å². The van der Waals surface area contributed by atoms with Gasteiger partial charge in [0.2, 0.25) is 0 Å². The summed E-state index contributed by atoms with van der Waals surface area (Å²) < 4.78 is 14.7. The predicted molar refractivity (Wildman–Crippen MR) is 48.9 cm³/mol. The number of benzene rings is 1. The number of rotatable bonds is 1. The smallest absolute Gasteiger partial charge is 0.177 e. The third-order valence-electron chi connectivity index (χ3n) is 1.99. The van der Waals surface area contributed by atoms with Crippen LogP contribution in [-0.4, -0.2) is 9.55 Å². The van der Waals surface area contributed by atoms with Crippen LogP contribution in [0.15, 0.2) is 18.2 Å². The van der Waals surface area contributed by atoms with Gasteiger partial charge in [-0.05, 0) is 26.0 Å². The lowest BCUT2D eigenvalue weighted by atomic mass is 10.3. The molecule has 0 aliphatic carbocycles. The van der Waals surface area contributed by atoms with Crippen molar-refractivity contribution in [1.82, 2.24) is 9.55 Å². The van der Waals surface area contributed by atoms with Crippen LogP contribution >= 0.6 is 0 Å². The molecule has 2 aromatic rings. The molecular formula is C10H10FN2. The van der Waals surface area contributed by atoms with E-state index in [1.54, 1.807) is 6.07 Å². The summed E-state index contributed by atoms with van der Waals surface area (Å²) in [5, 5.41) is 0. The van der Waals surface area contributed by atoms with Crippen molar-refractivity contribution in [2.24, 2.45) is 0 Å². The fourth-order valence-corrected chi connectivity index (χ4v) is 1.35. The first kappa shape index (κ1) is 8.23. The highest BCUT2D eigenvalue weighted by molar-refractivity contribution is 5.75. The molecule has 0 bridgehead atoms. The summed E-state index contributed by atoms with van der Waals surface area (Å²) in [6.07, 6.45) is 2.84. The van der Waals surface area contributed by atoms with Crippen LogP contribution in [0, 0.1) is 12.1 Å². The van der Waals surface area contributed by atoms with Gasteiger partial charge in [0.1, 0.15) is 5.82 Å². The normalized spacial score (nSPS) is 11.4. The maximum Gasteiger partial charge on any atom is 0.177 e. The van der Waals surface area contributed by atoms with Crippen molar-refractivity contribution in [2.45, 2.75) is 19.9 Å². The number of hydrogen-bond donors (Lipinski definition) is 0. The minimum atomic E-state index is -0.255. The number of imidazole rings is 1. The van der Waals surface area contributed by atoms with E-state index in [2.05, 4.69) is 11.3 Å². The molecule has 2 rings (SSSR count). The highest BCUT2D eigenvalue weighted by Gasteiger charge is 2.05. The van der Waals surface area contributed by atoms with Crippen molar-refractivity contribution >= 4 is 11.0 Å². The minimum absolute atomic E-state index is 0.255. The first-order valence-electron chi connectivity index (χ1n) is 4.23. The molecule has 0 unspecified atom stereocenters. The van der Waals surface area contributed by atoms with Gasteiger partial charge in [-0.25, -0.2) is 9.37 Å². The van der Waals surface area contributed by atoms with E-state index in [0.717, 1.165) is 5.52 Å². The van der Waals surface area contributed by atoms with E-state index < -0.39 is 0 Å². The van der Waals surface area contributed by atoms with Gasteiger partial charge in [0.05, 0.1) is 11.0 Å². The topological polar surface area (TPSA) is 17.8 Å². The average molecular weight is 177 g/mol. The zero-order chi connectivity index (χ0) is 9.42. The zero-order valence-electron chi connectivity index (χ0n) is 7.58. The first-order valence-corrected chi connectivity index (χ1v) is 4.23. The average Bonchev–Trinajstić information content (AvgIpc) is 2.46. The Bertz CT molecular complexity index is 431. The Labute approximate surface area is 76.0 Å². The molecule has 1 heterocycles. The maximum absolute atomic E-state index is 12.8. The molecule has 0 spiro atoms. The third kappa shape index (κ3) is 1.30. The van der Waals surface area contributed by atoms with E-state index >= 15 is 0 Å². The Hall–Kier alpha value is -1.38. The van der Waals surface area contributed by atoms with Gasteiger partial charge >= 0.3 is 0 Å². The van der Waals surface area contributed by atoms with E-state index in [9.17, 15) is 4.39 Å². The molecule has 0 amide bonds. The molecule has 3 heteroatoms. The fraction of sp³-hybridized carbons (Fsp3) is 0.300. The van der Waals surface area contributed by atoms with E-state index in [0.29, 0.717) is 11.6 Å². The van der Waals surface area contributed by atoms with Crippen LogP contribution in [0.1, 0.15) is 19.9 Å². The van der Waals surface area contributed by atoms with Gasteiger partial charge in [0.25, 0.3) is 0 Å². The van der Waals surface area contributed by atoms with Crippen LogP contribution in [0.25, 0.3) is 11.0 Å². The van der Waals surface area contributed by atoms with E-state index in [1.165, 1.54) is 12.1 Å². The highest BCUT2D eigenvalue weighted by Crippen LogP contribution is 2.17. The van der Waals surface area contributed by atoms with Crippen molar-refractivity contribution < 1.29 is 4.39 Å². The molecule has 0 saturated heterocycles. The van der Waals surface area contributed by atoms with Crippen LogP contribution in [0.5, 0.6) is 0 Å². The minimum Gasteiger partial charge on any atom is -0.319 e. The summed E-state index contributed by atoms with van der Waals surface area (Å²) in [7, 11) is 0. The molecule has 0 fully saturated rings. The second-order valence-electron chi connectivity index (χ2n) is 3.31. The molecular weight excluding hydrogens is 167 g/mol. The standard InChI is InChI=1S/C10H10FN2/c1-7(2)13-6-12-9-5-8(11)3-4-10(9)13/h3-5,7H,1-2H3. The van der Waals surface area contributed by atoms with Gasteiger partial charge in [-0.1, -0.05) is 0 Å². The van der Waals surface area contributed by atoms with Crippen LogP contribution in [-0.2, 0) is 0 Å². The summed E-state index contributed by atoms with van der Waals surface area (Å²) in [6.45, 7) is 4.09. The predicted octanol–water partition coefficient (Wildman–Crippen LogP) is 2.56. The fourth-order valence-electron chi connectivity index (χ4n) is 1.35. The lowest BCUT2D eigenvalue weighted by molar-refractivity contribution is 0.611. The summed E-state index contributed by atoms with van der Waals surface area (Å²) in [5.74, 6) is -0.255. The lowest BCUT2D eigenvalue weighted by Gasteiger charge is -2.06. The maximum atomic E-state index is 12.8. The van der Waals surface area contributed by atoms with Crippen LogP contribution in [0.2, 0.25) is 0 Å². The van der Waals surface area contributed by atoms with Crippen LogP contribution in [0.3, 0.4) is 0 Å². The van der Waals surface area contributed by atoms with E-state index in [1.807, 2.05) is 18.4 Å². The molecule has 0 aliphatic heterocycles. The Morgan fingerprint density at radius 2 is 2.23 bits per heavy atom. The van der Waals surface area contributed by atoms with Gasteiger partial charge in [0, 0.05) is 12.1 Å². The number of halogens is 1. The Morgan fingerprint density at radius 3 is 2.92 bits per heavy atom. The molecule has 1 radical (unpaired) electrons. The number of aromatic nitrogens is 2. The molecule has 1 aromatic heterocycles. The Kier molecular flexibility index (Phi) is 1.79. The highest BCUT2D eigenvalue weighted by atomic mass is 19.1. The van der Waals surface area contributed by atoms with Gasteiger partial charge in [-0.2, -0.15) is 0 Å². The summed E-state index contributed by atoms with van der Waals surface area (Å²) >= 11 is 0. The second-order valence-corrected chi connectivity index (χ2v) is 3.31. The molecule has 0 N–H and O–H groups in total. The van der Waals surface area contributed by atoms with Crippen molar-refractivity contribution in [3.05, 3.63) is 30.3 Å². The van der Waals surface area contributed by atoms with Gasteiger partial charge in [0.15, 0.2) is 6.33 Å². The molecule has 0 atom stereocenters. The molecule has 0 saturated carbocycles. The number of fused-ring (bicyclic) bond motifs is 1. The lowest BCUT2D eigenvalue weighted by Crippen LogP contribution is -1.98. The van der Waals surface area contributed by atoms with Crippen LogP contribution in [0.4, 0.5) is 4.39 Å². The first-order chi connectivity index (χ1) is 6.18. The summed E-state index contributed by atoms with van der Waals surface area (Å²) in [6, 6.07) is 4.89. The quantitative estimate of drug-likeness (QED) is 0.654. The molecule has 1 aromatic carbocycles. The molecule has 13 heavy (non-hydrogen) atoms. The van der Waals surface area contributed by atoms with Crippen molar-refractivity contribution in [3.63, 3.8) is 0 Å². The monoisotopic (exact) mass is 177 g/mol. The molecule has 0 aliphatic rings. The summed E-state index contributed by atoms with van der Waals surface area (Å²) in [5.41, 5.74) is 1.59.